The Morgan fingerprint density at radius 1 is 1.11 bits per heavy atom. The van der Waals surface area contributed by atoms with Crippen LogP contribution in [0, 0.1) is 5.82 Å². The number of carbonyl (C=O) groups excluding carboxylic acids is 2. The number of rotatable bonds is 5. The Kier molecular flexibility index (Phi) is 7.38. The van der Waals surface area contributed by atoms with Gasteiger partial charge in [0, 0.05) is 51.0 Å². The Morgan fingerprint density at radius 2 is 1.78 bits per heavy atom. The van der Waals surface area contributed by atoms with E-state index in [1.165, 1.54) is 17.3 Å². The molecule has 2 fully saturated rings. The molecule has 2 saturated heterocycles. The van der Waals surface area contributed by atoms with Crippen molar-refractivity contribution in [3.05, 3.63) is 71.0 Å². The van der Waals surface area contributed by atoms with Crippen LogP contribution in [0.4, 0.5) is 9.18 Å². The molecule has 8 nitrogen and oxygen atoms in total. The molecule has 194 valence electrons. The SMILES string of the molecule is CC(=O)N1CCC(OC(N)=O)(c2ccc(CN3C(C)CCC(c4ccccc4)S3(=O)=O)c(F)c2)CC1. The van der Waals surface area contributed by atoms with E-state index in [2.05, 4.69) is 0 Å². The quantitative estimate of drug-likeness (QED) is 0.649. The smallest absolute Gasteiger partial charge is 0.405 e. The van der Waals surface area contributed by atoms with Crippen molar-refractivity contribution in [3.63, 3.8) is 0 Å². The van der Waals surface area contributed by atoms with Gasteiger partial charge in [0.2, 0.25) is 15.9 Å². The van der Waals surface area contributed by atoms with Gasteiger partial charge in [-0.05, 0) is 37.0 Å². The lowest BCUT2D eigenvalue weighted by atomic mass is 9.83. The van der Waals surface area contributed by atoms with Crippen LogP contribution in [0.15, 0.2) is 48.5 Å². The molecule has 0 aromatic heterocycles. The van der Waals surface area contributed by atoms with E-state index in [0.717, 1.165) is 5.56 Å². The van der Waals surface area contributed by atoms with E-state index in [9.17, 15) is 18.0 Å². The second-order valence-electron chi connectivity index (χ2n) is 9.64. The van der Waals surface area contributed by atoms with Crippen LogP contribution < -0.4 is 5.73 Å². The average molecular weight is 518 g/mol. The van der Waals surface area contributed by atoms with Crippen LogP contribution in [-0.4, -0.2) is 48.8 Å². The van der Waals surface area contributed by atoms with Crippen LogP contribution >= 0.6 is 0 Å². The maximum atomic E-state index is 15.4. The van der Waals surface area contributed by atoms with Crippen molar-refractivity contribution in [2.24, 2.45) is 5.73 Å². The molecule has 0 spiro atoms. The monoisotopic (exact) mass is 517 g/mol. The summed E-state index contributed by atoms with van der Waals surface area (Å²) in [6, 6.07) is 13.3. The van der Waals surface area contributed by atoms with Crippen molar-refractivity contribution in [1.82, 2.24) is 9.21 Å². The molecular formula is C26H32FN3O5S. The van der Waals surface area contributed by atoms with Gasteiger partial charge in [0.05, 0.1) is 0 Å². The number of amides is 2. The van der Waals surface area contributed by atoms with Crippen molar-refractivity contribution < 1.29 is 27.1 Å². The summed E-state index contributed by atoms with van der Waals surface area (Å²) < 4.78 is 49.3. The summed E-state index contributed by atoms with van der Waals surface area (Å²) >= 11 is 0. The van der Waals surface area contributed by atoms with Gasteiger partial charge < -0.3 is 15.4 Å². The molecule has 2 aliphatic rings. The first-order valence-electron chi connectivity index (χ1n) is 12.1. The van der Waals surface area contributed by atoms with Crippen LogP contribution in [0.25, 0.3) is 0 Å². The minimum absolute atomic E-state index is 0.0881. The summed E-state index contributed by atoms with van der Waals surface area (Å²) in [5.41, 5.74) is 5.57. The fourth-order valence-corrected chi connectivity index (χ4v) is 7.49. The van der Waals surface area contributed by atoms with E-state index < -0.39 is 32.8 Å². The van der Waals surface area contributed by atoms with Crippen LogP contribution in [0.3, 0.4) is 0 Å². The average Bonchev–Trinajstić information content (AvgIpc) is 2.83. The standard InChI is InChI=1S/C26H32FN3O5S/c1-18-8-11-24(20-6-4-3-5-7-20)36(33,34)30(18)17-21-9-10-22(16-23(21)27)26(35-25(28)32)12-14-29(15-13-26)19(2)31/h3-7,9-10,16,18,24H,8,11-15,17H2,1-2H3,(H2,28,32). The fourth-order valence-electron chi connectivity index (χ4n) is 5.30. The number of ether oxygens (including phenoxy) is 1. The van der Waals surface area contributed by atoms with E-state index >= 15 is 4.39 Å². The highest BCUT2D eigenvalue weighted by atomic mass is 32.2. The molecule has 36 heavy (non-hydrogen) atoms. The lowest BCUT2D eigenvalue weighted by Crippen LogP contribution is -2.47. The van der Waals surface area contributed by atoms with Crippen molar-refractivity contribution in [3.8, 4) is 0 Å². The number of nitrogens with zero attached hydrogens (tertiary/aromatic N) is 2. The van der Waals surface area contributed by atoms with Crippen LogP contribution in [0.5, 0.6) is 0 Å². The molecule has 2 aromatic rings. The predicted molar refractivity (Wildman–Crippen MR) is 133 cm³/mol. The molecule has 10 heteroatoms. The summed E-state index contributed by atoms with van der Waals surface area (Å²) in [6.45, 7) is 3.89. The number of likely N-dealkylation sites (tertiary alicyclic amines) is 1. The number of halogens is 1. The normalized spacial score (nSPS) is 23.7. The van der Waals surface area contributed by atoms with E-state index in [4.69, 9.17) is 10.5 Å². The Balaban J connectivity index is 1.60. The predicted octanol–water partition coefficient (Wildman–Crippen LogP) is 3.81. The van der Waals surface area contributed by atoms with Crippen molar-refractivity contribution in [2.45, 2.75) is 63.0 Å². The molecule has 2 N–H and O–H groups in total. The molecule has 2 aliphatic heterocycles. The van der Waals surface area contributed by atoms with Gasteiger partial charge >= 0.3 is 6.09 Å². The number of hydrogen-bond acceptors (Lipinski definition) is 5. The Bertz CT molecular complexity index is 1230. The van der Waals surface area contributed by atoms with Crippen LogP contribution in [0.1, 0.15) is 61.5 Å². The van der Waals surface area contributed by atoms with E-state index in [-0.39, 0.29) is 36.9 Å². The second-order valence-corrected chi connectivity index (χ2v) is 11.7. The lowest BCUT2D eigenvalue weighted by Gasteiger charge is -2.41. The minimum atomic E-state index is -3.71. The molecule has 0 saturated carbocycles. The first-order valence-corrected chi connectivity index (χ1v) is 13.6. The molecule has 2 unspecified atom stereocenters. The highest BCUT2D eigenvalue weighted by Gasteiger charge is 2.42. The zero-order chi connectivity index (χ0) is 26.1. The number of carbonyl (C=O) groups is 2. The van der Waals surface area contributed by atoms with Gasteiger partial charge in [0.1, 0.15) is 16.7 Å². The molecule has 0 radical (unpaired) electrons. The van der Waals surface area contributed by atoms with Gasteiger partial charge in [-0.25, -0.2) is 17.6 Å². The number of benzene rings is 2. The maximum absolute atomic E-state index is 15.4. The number of primary amides is 1. The highest BCUT2D eigenvalue weighted by molar-refractivity contribution is 7.89. The first kappa shape index (κ1) is 26.1. The second kappa shape index (κ2) is 10.2. The van der Waals surface area contributed by atoms with Gasteiger partial charge in [-0.1, -0.05) is 42.5 Å². The van der Waals surface area contributed by atoms with Crippen LogP contribution in [-0.2, 0) is 31.7 Å². The highest BCUT2D eigenvalue weighted by Crippen LogP contribution is 2.40. The van der Waals surface area contributed by atoms with Gasteiger partial charge in [-0.2, -0.15) is 4.31 Å². The third-order valence-corrected chi connectivity index (χ3v) is 9.78. The number of sulfonamides is 1. The van der Waals surface area contributed by atoms with E-state index in [1.54, 1.807) is 29.2 Å². The molecular weight excluding hydrogens is 485 g/mol. The topological polar surface area (TPSA) is 110 Å². The third kappa shape index (κ3) is 5.10. The molecule has 0 aliphatic carbocycles. The third-order valence-electron chi connectivity index (χ3n) is 7.41. The van der Waals surface area contributed by atoms with Gasteiger partial charge in [0.25, 0.3) is 0 Å². The van der Waals surface area contributed by atoms with E-state index in [1.807, 2.05) is 25.1 Å². The van der Waals surface area contributed by atoms with Gasteiger partial charge in [-0.3, -0.25) is 4.79 Å². The number of piperidine rings is 1. The van der Waals surface area contributed by atoms with Gasteiger partial charge in [0.15, 0.2) is 0 Å². The Morgan fingerprint density at radius 3 is 2.36 bits per heavy atom. The fraction of sp³-hybridized carbons (Fsp3) is 0.462. The van der Waals surface area contributed by atoms with E-state index in [0.29, 0.717) is 31.5 Å². The molecule has 0 bridgehead atoms. The molecule has 2 amide bonds. The van der Waals surface area contributed by atoms with Crippen molar-refractivity contribution >= 4 is 22.0 Å². The van der Waals surface area contributed by atoms with Crippen molar-refractivity contribution in [1.29, 1.82) is 0 Å². The summed E-state index contributed by atoms with van der Waals surface area (Å²) in [5, 5.41) is -0.670. The summed E-state index contributed by atoms with van der Waals surface area (Å²) in [5.74, 6) is -0.673. The Labute approximate surface area is 211 Å². The zero-order valence-electron chi connectivity index (χ0n) is 20.5. The molecule has 2 atom stereocenters. The Hall–Kier alpha value is -2.98. The molecule has 2 aromatic carbocycles. The largest absolute Gasteiger partial charge is 0.438 e. The number of hydrogen-bond donors (Lipinski definition) is 1. The summed E-state index contributed by atoms with van der Waals surface area (Å²) in [4.78, 5) is 25.1. The molecule has 4 rings (SSSR count). The lowest BCUT2D eigenvalue weighted by molar-refractivity contribution is -0.133. The summed E-state index contributed by atoms with van der Waals surface area (Å²) in [6.07, 6.45) is 0.766. The number of nitrogens with two attached hydrogens (primary N) is 1. The van der Waals surface area contributed by atoms with Crippen LogP contribution in [0.2, 0.25) is 0 Å². The molecule has 2 heterocycles. The maximum Gasteiger partial charge on any atom is 0.405 e. The van der Waals surface area contributed by atoms with Gasteiger partial charge in [-0.15, -0.1) is 0 Å². The first-order chi connectivity index (χ1) is 17.0. The summed E-state index contributed by atoms with van der Waals surface area (Å²) in [7, 11) is -3.71. The zero-order valence-corrected chi connectivity index (χ0v) is 21.3. The minimum Gasteiger partial charge on any atom is -0.438 e. The van der Waals surface area contributed by atoms with Crippen molar-refractivity contribution in [2.75, 3.05) is 13.1 Å².